The Morgan fingerprint density at radius 2 is 1.95 bits per heavy atom. The Hall–Kier alpha value is -2.63. The molecule has 0 saturated heterocycles. The number of rotatable bonds is 7. The van der Waals surface area contributed by atoms with E-state index in [1.54, 1.807) is 26.1 Å². The average Bonchev–Trinajstić information content (AvgIpc) is 2.48. The summed E-state index contributed by atoms with van der Waals surface area (Å²) in [6.07, 6.45) is 5.74. The number of carbonyl (C=O) groups excluding carboxylic acids is 2. The summed E-state index contributed by atoms with van der Waals surface area (Å²) in [7, 11) is 0. The quantitative estimate of drug-likeness (QED) is 0.467. The number of anilines is 1. The van der Waals surface area contributed by atoms with Gasteiger partial charge in [0.2, 0.25) is 0 Å². The molecule has 0 fully saturated rings. The molecular weight excluding hydrogens is 272 g/mol. The van der Waals surface area contributed by atoms with Crippen molar-refractivity contribution in [2.45, 2.75) is 13.8 Å². The molecule has 0 aromatic carbocycles. The van der Waals surface area contributed by atoms with Crippen LogP contribution < -0.4 is 10.3 Å². The summed E-state index contributed by atoms with van der Waals surface area (Å²) in [5, 5.41) is 2.92. The second-order valence-corrected chi connectivity index (χ2v) is 3.83. The fourth-order valence-electron chi connectivity index (χ4n) is 1.38. The molecular formula is C15H19N2O4+. The Morgan fingerprint density at radius 3 is 2.57 bits per heavy atom. The van der Waals surface area contributed by atoms with E-state index >= 15 is 0 Å². The largest absolute Gasteiger partial charge is 0.463 e. The fourth-order valence-corrected chi connectivity index (χ4v) is 1.38. The van der Waals surface area contributed by atoms with Gasteiger partial charge in [0.15, 0.2) is 0 Å². The molecule has 0 aliphatic carbocycles. The Morgan fingerprint density at radius 1 is 1.19 bits per heavy atom. The van der Waals surface area contributed by atoms with Crippen LogP contribution in [0, 0.1) is 0 Å². The highest BCUT2D eigenvalue weighted by molar-refractivity contribution is 5.94. The highest BCUT2D eigenvalue weighted by atomic mass is 16.5. The van der Waals surface area contributed by atoms with Gasteiger partial charge in [-0.2, -0.15) is 0 Å². The zero-order valence-corrected chi connectivity index (χ0v) is 12.1. The second-order valence-electron chi connectivity index (χ2n) is 3.83. The predicted octanol–water partition coefficient (Wildman–Crippen LogP) is 1.48. The van der Waals surface area contributed by atoms with Gasteiger partial charge in [-0.1, -0.05) is 6.07 Å². The van der Waals surface area contributed by atoms with Gasteiger partial charge in [-0.05, 0) is 26.0 Å². The molecule has 0 bridgehead atoms. The van der Waals surface area contributed by atoms with Gasteiger partial charge in [-0.25, -0.2) is 19.9 Å². The summed E-state index contributed by atoms with van der Waals surface area (Å²) in [4.78, 5) is 26.0. The van der Waals surface area contributed by atoms with Crippen molar-refractivity contribution in [3.05, 3.63) is 48.3 Å². The van der Waals surface area contributed by atoms with E-state index in [0.717, 1.165) is 0 Å². The van der Waals surface area contributed by atoms with Crippen LogP contribution >= 0.6 is 0 Å². The minimum absolute atomic E-state index is 0.210. The van der Waals surface area contributed by atoms with E-state index < -0.39 is 11.9 Å². The van der Waals surface area contributed by atoms with Gasteiger partial charge in [0.25, 0.3) is 5.82 Å². The van der Waals surface area contributed by atoms with Crippen LogP contribution in [0.25, 0.3) is 0 Å². The second kappa shape index (κ2) is 9.30. The monoisotopic (exact) mass is 291 g/mol. The maximum atomic E-state index is 11.8. The first kappa shape index (κ1) is 16.4. The summed E-state index contributed by atoms with van der Waals surface area (Å²) >= 11 is 0. The zero-order chi connectivity index (χ0) is 15.5. The maximum Gasteiger partial charge on any atom is 0.341 e. The van der Waals surface area contributed by atoms with Crippen molar-refractivity contribution in [1.29, 1.82) is 0 Å². The molecule has 0 aliphatic heterocycles. The van der Waals surface area contributed by atoms with Gasteiger partial charge >= 0.3 is 11.9 Å². The van der Waals surface area contributed by atoms with Gasteiger partial charge in [0.05, 0.1) is 25.0 Å². The minimum atomic E-state index is -0.526. The van der Waals surface area contributed by atoms with Crippen molar-refractivity contribution in [3.63, 3.8) is 0 Å². The molecule has 112 valence electrons. The molecule has 6 nitrogen and oxygen atoms in total. The maximum absolute atomic E-state index is 11.8. The van der Waals surface area contributed by atoms with Crippen molar-refractivity contribution in [3.8, 4) is 0 Å². The Labute approximate surface area is 123 Å². The molecule has 21 heavy (non-hydrogen) atoms. The molecule has 0 atom stereocenters. The molecule has 0 aliphatic rings. The van der Waals surface area contributed by atoms with E-state index in [1.807, 2.05) is 12.1 Å². The topological polar surface area (TPSA) is 78.8 Å². The van der Waals surface area contributed by atoms with Gasteiger partial charge in [0.1, 0.15) is 6.20 Å². The van der Waals surface area contributed by atoms with Crippen molar-refractivity contribution >= 4 is 17.8 Å². The first-order valence-corrected chi connectivity index (χ1v) is 6.62. The Bertz CT molecular complexity index is 524. The number of esters is 2. The molecule has 0 unspecified atom stereocenters. The third-order valence-corrected chi connectivity index (χ3v) is 2.29. The lowest BCUT2D eigenvalue weighted by atomic mass is 10.2. The van der Waals surface area contributed by atoms with Gasteiger partial charge in [-0.15, -0.1) is 0 Å². The molecule has 2 N–H and O–H groups in total. The first-order valence-electron chi connectivity index (χ1n) is 6.62. The predicted molar refractivity (Wildman–Crippen MR) is 77.1 cm³/mol. The van der Waals surface area contributed by atoms with Crippen LogP contribution in [0.3, 0.4) is 0 Å². The van der Waals surface area contributed by atoms with Crippen LogP contribution in [0.5, 0.6) is 0 Å². The SMILES string of the molecule is CCOC(=O)/C=C/C(=C/Nc1cccc[nH+]1)C(=O)OCC. The summed E-state index contributed by atoms with van der Waals surface area (Å²) in [6.45, 7) is 3.95. The number of pyridine rings is 1. The molecule has 0 spiro atoms. The zero-order valence-electron chi connectivity index (χ0n) is 12.1. The van der Waals surface area contributed by atoms with Gasteiger partial charge in [0, 0.05) is 12.1 Å². The van der Waals surface area contributed by atoms with Gasteiger partial charge in [-0.3, -0.25) is 0 Å². The normalized spacial score (nSPS) is 11.2. The van der Waals surface area contributed by atoms with E-state index in [0.29, 0.717) is 5.82 Å². The summed E-state index contributed by atoms with van der Waals surface area (Å²) in [5.74, 6) is -0.343. The summed E-state index contributed by atoms with van der Waals surface area (Å²) in [6, 6.07) is 5.47. The van der Waals surface area contributed by atoms with E-state index in [9.17, 15) is 9.59 Å². The molecule has 6 heteroatoms. The molecule has 1 aromatic heterocycles. The molecule has 0 saturated carbocycles. The number of carbonyl (C=O) groups is 2. The Balaban J connectivity index is 2.81. The van der Waals surface area contributed by atoms with Crippen molar-refractivity contribution in [1.82, 2.24) is 0 Å². The highest BCUT2D eigenvalue weighted by Gasteiger charge is 2.10. The van der Waals surface area contributed by atoms with Crippen molar-refractivity contribution < 1.29 is 24.0 Å². The van der Waals surface area contributed by atoms with Crippen LogP contribution in [0.4, 0.5) is 5.82 Å². The number of hydrogen-bond donors (Lipinski definition) is 1. The average molecular weight is 291 g/mol. The third kappa shape index (κ3) is 6.38. The summed E-state index contributed by atoms with van der Waals surface area (Å²) < 4.78 is 9.69. The van der Waals surface area contributed by atoms with Crippen LogP contribution in [-0.2, 0) is 19.1 Å². The number of H-pyrrole nitrogens is 1. The van der Waals surface area contributed by atoms with E-state index in [1.165, 1.54) is 18.4 Å². The molecule has 0 amide bonds. The number of aromatic nitrogens is 1. The van der Waals surface area contributed by atoms with Gasteiger partial charge < -0.3 is 9.47 Å². The number of aromatic amines is 1. The minimum Gasteiger partial charge on any atom is -0.463 e. The van der Waals surface area contributed by atoms with Crippen LogP contribution in [-0.4, -0.2) is 25.2 Å². The lowest BCUT2D eigenvalue weighted by Gasteiger charge is -2.01. The number of nitrogens with one attached hydrogen (secondary N) is 2. The lowest BCUT2D eigenvalue weighted by Crippen LogP contribution is -2.12. The number of hydrogen-bond acceptors (Lipinski definition) is 5. The molecule has 0 radical (unpaired) electrons. The van der Waals surface area contributed by atoms with E-state index in [2.05, 4.69) is 10.3 Å². The standard InChI is InChI=1S/C15H18N2O4/c1-3-20-14(18)9-8-12(15(19)21-4-2)11-17-13-7-5-6-10-16-13/h5-11H,3-4H2,1-2H3,(H,16,17)/p+1/b9-8+,12-11-. The molecule has 1 heterocycles. The van der Waals surface area contributed by atoms with Crippen LogP contribution in [0.1, 0.15) is 13.8 Å². The van der Waals surface area contributed by atoms with Crippen molar-refractivity contribution in [2.24, 2.45) is 0 Å². The smallest absolute Gasteiger partial charge is 0.341 e. The fraction of sp³-hybridized carbons (Fsp3) is 0.267. The van der Waals surface area contributed by atoms with E-state index in [-0.39, 0.29) is 18.8 Å². The van der Waals surface area contributed by atoms with Crippen LogP contribution in [0.2, 0.25) is 0 Å². The highest BCUT2D eigenvalue weighted by Crippen LogP contribution is 2.03. The Kier molecular flexibility index (Phi) is 7.28. The van der Waals surface area contributed by atoms with Crippen molar-refractivity contribution in [2.75, 3.05) is 18.5 Å². The first-order chi connectivity index (χ1) is 10.2. The number of ether oxygens (including phenoxy) is 2. The van der Waals surface area contributed by atoms with E-state index in [4.69, 9.17) is 9.47 Å². The molecule has 1 rings (SSSR count). The van der Waals surface area contributed by atoms with Crippen LogP contribution in [0.15, 0.2) is 48.3 Å². The molecule has 1 aromatic rings. The summed E-state index contributed by atoms with van der Waals surface area (Å²) in [5.41, 5.74) is 0.210. The lowest BCUT2D eigenvalue weighted by molar-refractivity contribution is -0.360. The third-order valence-electron chi connectivity index (χ3n) is 2.29.